The van der Waals surface area contributed by atoms with Crippen LogP contribution in [0.15, 0.2) is 35.5 Å². The quantitative estimate of drug-likeness (QED) is 0.234. The van der Waals surface area contributed by atoms with Gasteiger partial charge in [-0.3, -0.25) is 4.79 Å². The lowest BCUT2D eigenvalue weighted by Crippen LogP contribution is -2.18. The smallest absolute Gasteiger partial charge is 0.433 e. The van der Waals surface area contributed by atoms with Gasteiger partial charge in [-0.15, -0.1) is 11.3 Å². The first kappa shape index (κ1) is 32.5. The number of thiophene rings is 1. The Morgan fingerprint density at radius 2 is 1.76 bits per heavy atom. The van der Waals surface area contributed by atoms with E-state index in [0.717, 1.165) is 18.4 Å². The third kappa shape index (κ3) is 7.42. The number of sulfone groups is 1. The zero-order valence-corrected chi connectivity index (χ0v) is 24.5. The molecule has 0 atom stereocenters. The molecule has 1 aromatic carbocycles. The van der Waals surface area contributed by atoms with E-state index < -0.39 is 56.9 Å². The Bertz CT molecular complexity index is 1600. The summed E-state index contributed by atoms with van der Waals surface area (Å²) >= 11 is 0.786. The molecule has 0 unspecified atom stereocenters. The summed E-state index contributed by atoms with van der Waals surface area (Å²) in [7, 11) is -2.06. The Morgan fingerprint density at radius 3 is 2.38 bits per heavy atom. The molecule has 16 heteroatoms. The van der Waals surface area contributed by atoms with Gasteiger partial charge in [-0.1, -0.05) is 12.1 Å². The summed E-state index contributed by atoms with van der Waals surface area (Å²) in [5.74, 6) is -2.82. The van der Waals surface area contributed by atoms with Crippen LogP contribution in [0.2, 0.25) is 0 Å². The highest BCUT2D eigenvalue weighted by Gasteiger charge is 2.36. The molecule has 0 fully saturated rings. The van der Waals surface area contributed by atoms with Crippen molar-refractivity contribution in [3.63, 3.8) is 0 Å². The minimum absolute atomic E-state index is 0.00192. The number of carbonyl (C=O) groups excluding carboxylic acids is 3. The fourth-order valence-corrected chi connectivity index (χ4v) is 6.03. The number of carbonyl (C=O) groups is 3. The van der Waals surface area contributed by atoms with Crippen molar-refractivity contribution in [2.24, 2.45) is 0 Å². The highest BCUT2D eigenvalue weighted by atomic mass is 32.2. The Labute approximate surface area is 243 Å². The molecule has 11 nitrogen and oxygen atoms in total. The van der Waals surface area contributed by atoms with E-state index in [1.165, 1.54) is 32.2 Å². The van der Waals surface area contributed by atoms with E-state index in [2.05, 4.69) is 15.3 Å². The lowest BCUT2D eigenvalue weighted by atomic mass is 10.1. The van der Waals surface area contributed by atoms with Crippen molar-refractivity contribution in [3.05, 3.63) is 52.0 Å². The van der Waals surface area contributed by atoms with Crippen molar-refractivity contribution in [2.75, 3.05) is 31.9 Å². The third-order valence-electron chi connectivity index (χ3n) is 5.72. The molecule has 2 aromatic heterocycles. The van der Waals surface area contributed by atoms with Crippen LogP contribution in [0.1, 0.15) is 51.1 Å². The summed E-state index contributed by atoms with van der Waals surface area (Å²) in [6.07, 6.45) is -5.69. The van der Waals surface area contributed by atoms with Gasteiger partial charge in [-0.2, -0.15) is 13.2 Å². The molecule has 3 rings (SSSR count). The molecule has 1 N–H and O–H groups in total. The van der Waals surface area contributed by atoms with Gasteiger partial charge >= 0.3 is 18.1 Å². The van der Waals surface area contributed by atoms with E-state index in [0.29, 0.717) is 6.07 Å². The van der Waals surface area contributed by atoms with Crippen molar-refractivity contribution in [1.82, 2.24) is 9.97 Å². The summed E-state index contributed by atoms with van der Waals surface area (Å²) in [5, 5.41) is 1.41. The van der Waals surface area contributed by atoms with Crippen LogP contribution < -0.4 is 10.1 Å². The van der Waals surface area contributed by atoms with Gasteiger partial charge in [-0.05, 0) is 44.0 Å². The third-order valence-corrected chi connectivity index (χ3v) is 8.48. The maximum atomic E-state index is 13.6. The number of para-hydroxylation sites is 1. The Balaban J connectivity index is 1.82. The standard InChI is InChI=1S/C26H26F3N3O8S2/c1-5-40-24(35)21-14(2)20(23(34)39-4)22(41-21)32-19(33)11-8-12-42(36,37)25-30-16(13-18(31-25)26(27,28)29)15-9-6-7-10-17(15)38-3/h6-7,9-10,13H,5,8,11-12H2,1-4H3,(H,32,33). The normalized spacial score (nSPS) is 11.6. The Hall–Kier alpha value is -4.05. The topological polar surface area (TPSA) is 151 Å². The van der Waals surface area contributed by atoms with Crippen LogP contribution in [-0.2, 0) is 30.3 Å². The lowest BCUT2D eigenvalue weighted by molar-refractivity contribution is -0.141. The van der Waals surface area contributed by atoms with Crippen LogP contribution in [0.4, 0.5) is 18.2 Å². The first-order chi connectivity index (χ1) is 19.7. The number of nitrogens with zero attached hydrogens (tertiary/aromatic N) is 2. The second-order valence-electron chi connectivity index (χ2n) is 8.56. The molecule has 1 amide bonds. The number of hydrogen-bond donors (Lipinski definition) is 1. The van der Waals surface area contributed by atoms with Gasteiger partial charge < -0.3 is 19.5 Å². The molecule has 0 aliphatic carbocycles. The molecule has 226 valence electrons. The predicted molar refractivity (Wildman–Crippen MR) is 145 cm³/mol. The number of amides is 1. The molecular formula is C26H26F3N3O8S2. The Kier molecular flexibility index (Phi) is 10.3. The van der Waals surface area contributed by atoms with Crippen molar-refractivity contribution in [2.45, 2.75) is 38.0 Å². The highest BCUT2D eigenvalue weighted by molar-refractivity contribution is 7.91. The number of nitrogens with one attached hydrogen (secondary N) is 1. The van der Waals surface area contributed by atoms with Gasteiger partial charge in [0.2, 0.25) is 20.9 Å². The molecule has 0 radical (unpaired) electrons. The van der Waals surface area contributed by atoms with Crippen molar-refractivity contribution < 1.29 is 50.2 Å². The van der Waals surface area contributed by atoms with E-state index in [1.807, 2.05) is 0 Å². The van der Waals surface area contributed by atoms with E-state index in [4.69, 9.17) is 14.2 Å². The van der Waals surface area contributed by atoms with Gasteiger partial charge in [0, 0.05) is 12.0 Å². The molecule has 42 heavy (non-hydrogen) atoms. The molecule has 0 aliphatic rings. The van der Waals surface area contributed by atoms with Crippen LogP contribution in [0.3, 0.4) is 0 Å². The van der Waals surface area contributed by atoms with Crippen molar-refractivity contribution >= 4 is 44.0 Å². The molecule has 0 saturated carbocycles. The van der Waals surface area contributed by atoms with Crippen LogP contribution >= 0.6 is 11.3 Å². The van der Waals surface area contributed by atoms with Crippen molar-refractivity contribution in [1.29, 1.82) is 0 Å². The molecule has 0 bridgehead atoms. The van der Waals surface area contributed by atoms with Crippen molar-refractivity contribution in [3.8, 4) is 17.0 Å². The number of anilines is 1. The van der Waals surface area contributed by atoms with Crippen LogP contribution in [0.25, 0.3) is 11.3 Å². The highest BCUT2D eigenvalue weighted by Crippen LogP contribution is 2.36. The maximum absolute atomic E-state index is 13.6. The fourth-order valence-electron chi connectivity index (χ4n) is 3.75. The summed E-state index contributed by atoms with van der Waals surface area (Å²) < 4.78 is 81.7. The van der Waals surface area contributed by atoms with Gasteiger partial charge in [0.15, 0.2) is 0 Å². The van der Waals surface area contributed by atoms with E-state index in [-0.39, 0.29) is 51.0 Å². The summed E-state index contributed by atoms with van der Waals surface area (Å²) in [5.41, 5.74) is -1.48. The van der Waals surface area contributed by atoms with Gasteiger partial charge in [-0.25, -0.2) is 28.0 Å². The summed E-state index contributed by atoms with van der Waals surface area (Å²) in [6.45, 7) is 3.16. The predicted octanol–water partition coefficient (Wildman–Crippen LogP) is 4.70. The van der Waals surface area contributed by atoms with Crippen LogP contribution in [0.5, 0.6) is 5.75 Å². The number of ether oxygens (including phenoxy) is 3. The number of hydrogen-bond acceptors (Lipinski definition) is 11. The molecule has 0 aliphatic heterocycles. The first-order valence-electron chi connectivity index (χ1n) is 12.2. The maximum Gasteiger partial charge on any atom is 0.433 e. The average Bonchev–Trinajstić information content (AvgIpc) is 3.27. The molecule has 0 spiro atoms. The number of esters is 2. The van der Waals surface area contributed by atoms with Gasteiger partial charge in [0.25, 0.3) is 0 Å². The number of aromatic nitrogens is 2. The van der Waals surface area contributed by atoms with Crippen LogP contribution in [0, 0.1) is 6.92 Å². The number of halogens is 3. The molecular weight excluding hydrogens is 603 g/mol. The number of alkyl halides is 3. The lowest BCUT2D eigenvalue weighted by Gasteiger charge is -2.13. The minimum Gasteiger partial charge on any atom is -0.496 e. The van der Waals surface area contributed by atoms with Crippen LogP contribution in [-0.4, -0.2) is 62.8 Å². The van der Waals surface area contributed by atoms with E-state index >= 15 is 0 Å². The zero-order valence-electron chi connectivity index (χ0n) is 22.8. The van der Waals surface area contributed by atoms with E-state index in [9.17, 15) is 36.0 Å². The molecule has 3 aromatic rings. The number of methoxy groups -OCH3 is 2. The zero-order chi connectivity index (χ0) is 31.2. The van der Waals surface area contributed by atoms with Gasteiger partial charge in [0.1, 0.15) is 21.3 Å². The van der Waals surface area contributed by atoms with Gasteiger partial charge in [0.05, 0.1) is 37.8 Å². The monoisotopic (exact) mass is 629 g/mol. The molecule has 2 heterocycles. The second-order valence-corrected chi connectivity index (χ2v) is 11.6. The minimum atomic E-state index is -4.97. The second kappa shape index (κ2) is 13.3. The first-order valence-corrected chi connectivity index (χ1v) is 14.7. The number of benzene rings is 1. The average molecular weight is 630 g/mol. The SMILES string of the molecule is CCOC(=O)c1sc(NC(=O)CCCS(=O)(=O)c2nc(-c3ccccc3OC)cc(C(F)(F)F)n2)c(C(=O)OC)c1C. The Morgan fingerprint density at radius 1 is 1.07 bits per heavy atom. The number of rotatable bonds is 11. The summed E-state index contributed by atoms with van der Waals surface area (Å²) in [4.78, 5) is 44.4. The fraction of sp³-hybridized carbons (Fsp3) is 0.346. The molecule has 0 saturated heterocycles. The summed E-state index contributed by atoms with van der Waals surface area (Å²) in [6, 6.07) is 6.63. The largest absolute Gasteiger partial charge is 0.496 e. The van der Waals surface area contributed by atoms with E-state index in [1.54, 1.807) is 13.0 Å².